The van der Waals surface area contributed by atoms with Gasteiger partial charge in [0.25, 0.3) is 0 Å². The van der Waals surface area contributed by atoms with Crippen LogP contribution in [-0.2, 0) is 5.41 Å². The summed E-state index contributed by atoms with van der Waals surface area (Å²) in [7, 11) is 0. The minimum absolute atomic E-state index is 0.0992. The van der Waals surface area contributed by atoms with E-state index >= 15 is 0 Å². The monoisotopic (exact) mass is 684 g/mol. The fourth-order valence-electron chi connectivity index (χ4n) is 8.15. The highest BCUT2D eigenvalue weighted by atomic mass is 15.4. The van der Waals surface area contributed by atoms with Gasteiger partial charge in [-0.1, -0.05) is 122 Å². The first-order chi connectivity index (χ1) is 26.1. The van der Waals surface area contributed by atoms with Gasteiger partial charge in [0.2, 0.25) is 0 Å². The molecule has 2 aliphatic rings. The van der Waals surface area contributed by atoms with Gasteiger partial charge in [0, 0.05) is 22.4 Å². The van der Waals surface area contributed by atoms with Crippen molar-refractivity contribution in [2.75, 3.05) is 14.7 Å². The zero-order valence-electron chi connectivity index (χ0n) is 29.5. The van der Waals surface area contributed by atoms with Crippen LogP contribution in [-0.4, -0.2) is 15.0 Å². The fourth-order valence-corrected chi connectivity index (χ4v) is 8.15. The first-order valence-corrected chi connectivity index (χ1v) is 18.0. The summed E-state index contributed by atoms with van der Waals surface area (Å²) in [6.07, 6.45) is 2.03. The van der Waals surface area contributed by atoms with Gasteiger partial charge in [-0.15, -0.1) is 5.10 Å². The molecule has 3 heterocycles. The molecular formula is C47H36N6. The lowest BCUT2D eigenvalue weighted by atomic mass is 9.73. The van der Waals surface area contributed by atoms with Gasteiger partial charge in [0.1, 0.15) is 5.69 Å². The number of hydrogen-bond acceptors (Lipinski definition) is 5. The zero-order valence-corrected chi connectivity index (χ0v) is 29.5. The van der Waals surface area contributed by atoms with Crippen LogP contribution >= 0.6 is 0 Å². The van der Waals surface area contributed by atoms with Gasteiger partial charge in [-0.3, -0.25) is 0 Å². The molecule has 0 bridgehead atoms. The van der Waals surface area contributed by atoms with Crippen molar-refractivity contribution in [3.63, 3.8) is 0 Å². The molecule has 8 aromatic rings. The van der Waals surface area contributed by atoms with Crippen molar-refractivity contribution in [3.8, 4) is 16.9 Å². The van der Waals surface area contributed by atoms with Crippen molar-refractivity contribution in [1.82, 2.24) is 15.0 Å². The number of nitrogens with zero attached hydrogens (tertiary/aromatic N) is 6. The first kappa shape index (κ1) is 30.9. The SMILES string of the molecule is CC1(C)c2ccccc2N(c2ccc(-c3cn(-c4ccccc4N4c5ccccc5N(c5ccccc5)c5ccccc54)nn3)cc2)c2ccccc21. The van der Waals surface area contributed by atoms with E-state index in [9.17, 15) is 0 Å². The summed E-state index contributed by atoms with van der Waals surface area (Å²) in [5.41, 5.74) is 15.3. The summed E-state index contributed by atoms with van der Waals surface area (Å²) in [5.74, 6) is 0. The standard InChI is InChI=1S/C47H36N6/c1-47(2)36-18-6-8-20-39(36)51(40-21-9-7-19-37(40)47)35-30-28-33(29-31-35)38-32-50(49-48-38)41-22-10-11-23-42(41)53-45-26-14-12-24-43(45)52(34-16-4-3-5-17-34)44-25-13-15-27-46(44)53/h3-32H,1-2H3. The molecule has 0 radical (unpaired) electrons. The molecule has 0 atom stereocenters. The van der Waals surface area contributed by atoms with Crippen LogP contribution in [0.1, 0.15) is 25.0 Å². The molecule has 254 valence electrons. The number of anilines is 9. The van der Waals surface area contributed by atoms with Crippen LogP contribution < -0.4 is 14.7 Å². The van der Waals surface area contributed by atoms with E-state index in [1.807, 2.05) is 10.9 Å². The molecule has 7 aromatic carbocycles. The van der Waals surface area contributed by atoms with Gasteiger partial charge in [-0.2, -0.15) is 0 Å². The topological polar surface area (TPSA) is 40.4 Å². The largest absolute Gasteiger partial charge is 0.310 e. The molecule has 0 unspecified atom stereocenters. The van der Waals surface area contributed by atoms with E-state index in [1.54, 1.807) is 0 Å². The Morgan fingerprint density at radius 3 is 1.32 bits per heavy atom. The highest BCUT2D eigenvalue weighted by Crippen LogP contribution is 2.55. The third-order valence-electron chi connectivity index (χ3n) is 10.7. The summed E-state index contributed by atoms with van der Waals surface area (Å²) in [6.45, 7) is 4.63. The van der Waals surface area contributed by atoms with Crippen molar-refractivity contribution in [3.05, 3.63) is 193 Å². The molecule has 6 nitrogen and oxygen atoms in total. The third-order valence-corrected chi connectivity index (χ3v) is 10.7. The second kappa shape index (κ2) is 12.1. The van der Waals surface area contributed by atoms with Crippen molar-refractivity contribution < 1.29 is 0 Å². The number of hydrogen-bond donors (Lipinski definition) is 0. The average molecular weight is 685 g/mol. The van der Waals surface area contributed by atoms with Crippen LogP contribution in [0.3, 0.4) is 0 Å². The Kier molecular flexibility index (Phi) is 7.05. The number of fused-ring (bicyclic) bond motifs is 4. The van der Waals surface area contributed by atoms with E-state index < -0.39 is 0 Å². The molecule has 0 spiro atoms. The molecule has 6 heteroatoms. The number of aromatic nitrogens is 3. The smallest absolute Gasteiger partial charge is 0.113 e. The van der Waals surface area contributed by atoms with Gasteiger partial charge in [0.15, 0.2) is 0 Å². The maximum absolute atomic E-state index is 4.70. The number of rotatable bonds is 5. The quantitative estimate of drug-likeness (QED) is 0.180. The van der Waals surface area contributed by atoms with E-state index in [1.165, 1.54) is 22.5 Å². The number of para-hydroxylation sites is 9. The van der Waals surface area contributed by atoms with Gasteiger partial charge in [-0.05, 0) is 83.9 Å². The van der Waals surface area contributed by atoms with Crippen LogP contribution in [0.5, 0.6) is 0 Å². The Labute approximate surface area is 309 Å². The van der Waals surface area contributed by atoms with E-state index in [0.29, 0.717) is 0 Å². The lowest BCUT2D eigenvalue weighted by Crippen LogP contribution is -2.30. The van der Waals surface area contributed by atoms with Gasteiger partial charge < -0.3 is 14.7 Å². The van der Waals surface area contributed by atoms with Crippen LogP contribution in [0.4, 0.5) is 51.2 Å². The molecule has 0 N–H and O–H groups in total. The molecule has 0 aliphatic carbocycles. The van der Waals surface area contributed by atoms with E-state index in [-0.39, 0.29) is 5.41 Å². The second-order valence-corrected chi connectivity index (χ2v) is 14.1. The Morgan fingerprint density at radius 1 is 0.377 bits per heavy atom. The fraction of sp³-hybridized carbons (Fsp3) is 0.0638. The zero-order chi connectivity index (χ0) is 35.5. The van der Waals surface area contributed by atoms with Crippen LogP contribution in [0.25, 0.3) is 16.9 Å². The van der Waals surface area contributed by atoms with Crippen molar-refractivity contribution in [2.45, 2.75) is 19.3 Å². The van der Waals surface area contributed by atoms with Crippen LogP contribution in [0, 0.1) is 0 Å². The Balaban J connectivity index is 1.02. The van der Waals surface area contributed by atoms with Crippen LogP contribution in [0.15, 0.2) is 182 Å². The predicted octanol–water partition coefficient (Wildman–Crippen LogP) is 12.3. The van der Waals surface area contributed by atoms with Gasteiger partial charge in [0.05, 0.1) is 51.7 Å². The summed E-state index contributed by atoms with van der Waals surface area (Å²) >= 11 is 0. The van der Waals surface area contributed by atoms with Crippen LogP contribution in [0.2, 0.25) is 0 Å². The lowest BCUT2D eigenvalue weighted by Gasteiger charge is -2.42. The highest BCUT2D eigenvalue weighted by Gasteiger charge is 2.36. The van der Waals surface area contributed by atoms with Crippen molar-refractivity contribution >= 4 is 51.2 Å². The molecule has 53 heavy (non-hydrogen) atoms. The Bertz CT molecular complexity index is 2530. The highest BCUT2D eigenvalue weighted by molar-refractivity contribution is 6.02. The maximum Gasteiger partial charge on any atom is 0.113 e. The third kappa shape index (κ3) is 4.87. The molecule has 10 rings (SSSR count). The summed E-state index contributed by atoms with van der Waals surface area (Å²) < 4.78 is 1.90. The van der Waals surface area contributed by atoms with E-state index in [4.69, 9.17) is 10.3 Å². The second-order valence-electron chi connectivity index (χ2n) is 14.1. The Morgan fingerprint density at radius 2 is 0.774 bits per heavy atom. The summed E-state index contributed by atoms with van der Waals surface area (Å²) in [5, 5.41) is 9.39. The predicted molar refractivity (Wildman–Crippen MR) is 217 cm³/mol. The molecule has 0 saturated carbocycles. The van der Waals surface area contributed by atoms with Crippen molar-refractivity contribution in [2.24, 2.45) is 0 Å². The lowest BCUT2D eigenvalue weighted by molar-refractivity contribution is 0.632. The molecular weight excluding hydrogens is 649 g/mol. The summed E-state index contributed by atoms with van der Waals surface area (Å²) in [4.78, 5) is 7.05. The average Bonchev–Trinajstić information content (AvgIpc) is 3.71. The molecule has 0 fully saturated rings. The minimum Gasteiger partial charge on any atom is -0.310 e. The van der Waals surface area contributed by atoms with Gasteiger partial charge >= 0.3 is 0 Å². The van der Waals surface area contributed by atoms with Gasteiger partial charge in [-0.25, -0.2) is 4.68 Å². The summed E-state index contributed by atoms with van der Waals surface area (Å²) in [6, 6.07) is 62.3. The molecule has 2 aliphatic heterocycles. The molecule has 0 amide bonds. The minimum atomic E-state index is -0.0992. The number of benzene rings is 7. The van der Waals surface area contributed by atoms with E-state index in [0.717, 1.165) is 56.8 Å². The normalized spacial score (nSPS) is 13.9. The first-order valence-electron chi connectivity index (χ1n) is 18.0. The molecule has 0 saturated heterocycles. The van der Waals surface area contributed by atoms with Crippen molar-refractivity contribution in [1.29, 1.82) is 0 Å². The Hall–Kier alpha value is -6.92. The van der Waals surface area contributed by atoms with E-state index in [2.05, 4.69) is 204 Å². The molecule has 1 aromatic heterocycles. The maximum atomic E-state index is 4.70.